The van der Waals surface area contributed by atoms with E-state index >= 15 is 0 Å². The monoisotopic (exact) mass is 357 g/mol. The molecule has 26 heavy (non-hydrogen) atoms. The Bertz CT molecular complexity index is 688. The Labute approximate surface area is 156 Å². The van der Waals surface area contributed by atoms with Gasteiger partial charge in [0.1, 0.15) is 0 Å². The highest BCUT2D eigenvalue weighted by molar-refractivity contribution is 5.79. The third kappa shape index (κ3) is 5.88. The van der Waals surface area contributed by atoms with E-state index in [1.807, 2.05) is 16.9 Å². The van der Waals surface area contributed by atoms with E-state index in [9.17, 15) is 0 Å². The Kier molecular flexibility index (Phi) is 7.21. The quantitative estimate of drug-likeness (QED) is 0.591. The average Bonchev–Trinajstić information content (AvgIpc) is 3.11. The van der Waals surface area contributed by atoms with Gasteiger partial charge in [-0.3, -0.25) is 9.67 Å². The van der Waals surface area contributed by atoms with Crippen molar-refractivity contribution in [2.75, 3.05) is 20.7 Å². The van der Waals surface area contributed by atoms with Gasteiger partial charge in [0.15, 0.2) is 5.96 Å². The van der Waals surface area contributed by atoms with Crippen LogP contribution in [0, 0.1) is 5.41 Å². The van der Waals surface area contributed by atoms with Crippen molar-refractivity contribution in [1.82, 2.24) is 20.4 Å². The number of hydrogen-bond donors (Lipinski definition) is 2. The summed E-state index contributed by atoms with van der Waals surface area (Å²) in [4.78, 5) is 4.32. The van der Waals surface area contributed by atoms with Crippen molar-refractivity contribution in [3.05, 3.63) is 53.9 Å². The second-order valence-electron chi connectivity index (χ2n) is 7.37. The summed E-state index contributed by atoms with van der Waals surface area (Å²) in [5.41, 5.74) is 2.53. The summed E-state index contributed by atoms with van der Waals surface area (Å²) in [6.45, 7) is 8.67. The van der Waals surface area contributed by atoms with E-state index in [-0.39, 0.29) is 11.5 Å². The van der Waals surface area contributed by atoms with Gasteiger partial charge in [-0.1, -0.05) is 45.0 Å². The third-order valence-corrected chi connectivity index (χ3v) is 4.39. The molecule has 1 unspecified atom stereocenters. The molecule has 6 heteroatoms. The van der Waals surface area contributed by atoms with Gasteiger partial charge in [0.25, 0.3) is 0 Å². The van der Waals surface area contributed by atoms with E-state index in [4.69, 9.17) is 4.74 Å². The molecule has 1 heterocycles. The normalized spacial score (nSPS) is 13.5. The molecule has 2 aromatic rings. The lowest BCUT2D eigenvalue weighted by molar-refractivity contribution is 0.0205. The maximum Gasteiger partial charge on any atom is 0.191 e. The molecule has 0 amide bonds. The molecule has 0 bridgehead atoms. The van der Waals surface area contributed by atoms with Crippen LogP contribution in [0.2, 0.25) is 0 Å². The molecule has 0 fully saturated rings. The fraction of sp³-hybridized carbons (Fsp3) is 0.500. The van der Waals surface area contributed by atoms with Crippen molar-refractivity contribution in [3.8, 4) is 0 Å². The topological polar surface area (TPSA) is 63.5 Å². The van der Waals surface area contributed by atoms with Crippen LogP contribution in [-0.4, -0.2) is 42.5 Å². The molecule has 0 aliphatic carbocycles. The molecule has 2 N–H and O–H groups in total. The number of aromatic nitrogens is 2. The lowest BCUT2D eigenvalue weighted by Gasteiger charge is -2.30. The Balaban J connectivity index is 1.94. The van der Waals surface area contributed by atoms with Crippen LogP contribution in [-0.2, 0) is 17.8 Å². The van der Waals surface area contributed by atoms with Gasteiger partial charge in [-0.15, -0.1) is 0 Å². The highest BCUT2D eigenvalue weighted by atomic mass is 16.5. The number of hydrogen-bond acceptors (Lipinski definition) is 3. The molecule has 1 aromatic carbocycles. The molecular formula is C20H31N5O. The number of aliphatic imine (C=N–C) groups is 1. The van der Waals surface area contributed by atoms with Gasteiger partial charge < -0.3 is 15.4 Å². The van der Waals surface area contributed by atoms with E-state index in [0.29, 0.717) is 13.1 Å². The SMILES string of the molecule is CN=C(NCc1ccccc1Cn1cccn1)NCC(OC)C(C)(C)C. The zero-order chi connectivity index (χ0) is 19.0. The zero-order valence-electron chi connectivity index (χ0n) is 16.5. The standard InChI is InChI=1S/C20H31N5O/c1-20(2,3)18(26-5)14-23-19(21-4)22-13-16-9-6-7-10-17(16)15-25-12-8-11-24-25/h6-12,18H,13-15H2,1-5H3,(H2,21,22,23). The summed E-state index contributed by atoms with van der Waals surface area (Å²) in [6.07, 6.45) is 3.88. The van der Waals surface area contributed by atoms with Gasteiger partial charge in [-0.05, 0) is 22.6 Å². The number of rotatable bonds is 7. The van der Waals surface area contributed by atoms with E-state index in [0.717, 1.165) is 12.5 Å². The van der Waals surface area contributed by atoms with E-state index in [1.165, 1.54) is 11.1 Å². The van der Waals surface area contributed by atoms with Crippen molar-refractivity contribution in [2.24, 2.45) is 10.4 Å². The fourth-order valence-corrected chi connectivity index (χ4v) is 2.78. The molecule has 1 atom stereocenters. The second-order valence-corrected chi connectivity index (χ2v) is 7.37. The Morgan fingerprint density at radius 1 is 1.19 bits per heavy atom. The maximum atomic E-state index is 5.60. The Morgan fingerprint density at radius 3 is 2.50 bits per heavy atom. The predicted octanol–water partition coefficient (Wildman–Crippen LogP) is 2.66. The van der Waals surface area contributed by atoms with Crippen LogP contribution >= 0.6 is 0 Å². The first kappa shape index (κ1) is 20.0. The summed E-state index contributed by atoms with van der Waals surface area (Å²) in [5.74, 6) is 0.769. The molecule has 142 valence electrons. The Morgan fingerprint density at radius 2 is 1.92 bits per heavy atom. The van der Waals surface area contributed by atoms with E-state index in [1.54, 1.807) is 20.4 Å². The fourth-order valence-electron chi connectivity index (χ4n) is 2.78. The molecule has 0 radical (unpaired) electrons. The third-order valence-electron chi connectivity index (χ3n) is 4.39. The van der Waals surface area contributed by atoms with Crippen LogP contribution < -0.4 is 10.6 Å². The molecule has 0 saturated carbocycles. The minimum absolute atomic E-state index is 0.0664. The van der Waals surface area contributed by atoms with Crippen molar-refractivity contribution >= 4 is 5.96 Å². The Hall–Kier alpha value is -2.34. The van der Waals surface area contributed by atoms with Crippen LogP contribution in [0.1, 0.15) is 31.9 Å². The van der Waals surface area contributed by atoms with Gasteiger partial charge in [0.05, 0.1) is 12.6 Å². The highest BCUT2D eigenvalue weighted by Crippen LogP contribution is 2.20. The van der Waals surface area contributed by atoms with Gasteiger partial charge in [0, 0.05) is 39.6 Å². The molecule has 0 aliphatic heterocycles. The number of benzene rings is 1. The first-order chi connectivity index (χ1) is 12.4. The summed E-state index contributed by atoms with van der Waals surface area (Å²) in [5, 5.41) is 11.0. The number of nitrogens with one attached hydrogen (secondary N) is 2. The van der Waals surface area contributed by atoms with Gasteiger partial charge in [-0.2, -0.15) is 5.10 Å². The summed E-state index contributed by atoms with van der Waals surface area (Å²) in [6, 6.07) is 10.3. The number of nitrogens with zero attached hydrogens (tertiary/aromatic N) is 3. The number of ether oxygens (including phenoxy) is 1. The first-order valence-electron chi connectivity index (χ1n) is 8.95. The molecule has 6 nitrogen and oxygen atoms in total. The summed E-state index contributed by atoms with van der Waals surface area (Å²) in [7, 11) is 3.53. The average molecular weight is 358 g/mol. The van der Waals surface area contributed by atoms with E-state index < -0.39 is 0 Å². The van der Waals surface area contributed by atoms with Gasteiger partial charge in [-0.25, -0.2) is 0 Å². The molecule has 0 spiro atoms. The lowest BCUT2D eigenvalue weighted by Crippen LogP contribution is -2.45. The van der Waals surface area contributed by atoms with Crippen LogP contribution in [0.25, 0.3) is 0 Å². The molecule has 2 rings (SSSR count). The molecule has 1 aromatic heterocycles. The molecule has 0 aliphatic rings. The van der Waals surface area contributed by atoms with Gasteiger partial charge in [0.2, 0.25) is 0 Å². The summed E-state index contributed by atoms with van der Waals surface area (Å²) >= 11 is 0. The van der Waals surface area contributed by atoms with Crippen molar-refractivity contribution in [1.29, 1.82) is 0 Å². The molecular weight excluding hydrogens is 326 g/mol. The van der Waals surface area contributed by atoms with Crippen LogP contribution in [0.5, 0.6) is 0 Å². The van der Waals surface area contributed by atoms with Crippen molar-refractivity contribution < 1.29 is 4.74 Å². The maximum absolute atomic E-state index is 5.60. The molecule has 0 saturated heterocycles. The minimum atomic E-state index is 0.0664. The van der Waals surface area contributed by atoms with Crippen molar-refractivity contribution in [2.45, 2.75) is 40.0 Å². The lowest BCUT2D eigenvalue weighted by atomic mass is 9.89. The smallest absolute Gasteiger partial charge is 0.191 e. The first-order valence-corrected chi connectivity index (χ1v) is 8.95. The van der Waals surface area contributed by atoms with E-state index in [2.05, 4.69) is 65.8 Å². The van der Waals surface area contributed by atoms with Crippen LogP contribution in [0.3, 0.4) is 0 Å². The highest BCUT2D eigenvalue weighted by Gasteiger charge is 2.24. The predicted molar refractivity (Wildman–Crippen MR) is 106 cm³/mol. The second kappa shape index (κ2) is 9.38. The largest absolute Gasteiger partial charge is 0.379 e. The zero-order valence-corrected chi connectivity index (χ0v) is 16.5. The van der Waals surface area contributed by atoms with Crippen LogP contribution in [0.4, 0.5) is 0 Å². The number of guanidine groups is 1. The van der Waals surface area contributed by atoms with Crippen molar-refractivity contribution in [3.63, 3.8) is 0 Å². The van der Waals surface area contributed by atoms with Gasteiger partial charge >= 0.3 is 0 Å². The van der Waals surface area contributed by atoms with Crippen LogP contribution in [0.15, 0.2) is 47.7 Å². The minimum Gasteiger partial charge on any atom is -0.379 e. The summed E-state index contributed by atoms with van der Waals surface area (Å²) < 4.78 is 7.52. The number of methoxy groups -OCH3 is 1.